The molecule has 1 aliphatic rings. The summed E-state index contributed by atoms with van der Waals surface area (Å²) >= 11 is 0. The number of rotatable bonds is 7. The minimum absolute atomic E-state index is 0.00000283. The molecule has 1 rings (SSSR count). The summed E-state index contributed by atoms with van der Waals surface area (Å²) in [6.07, 6.45) is -0.112. The first-order valence-corrected chi connectivity index (χ1v) is 5.77. The van der Waals surface area contributed by atoms with Crippen LogP contribution in [0.15, 0.2) is 0 Å². The molecule has 1 amide bonds. The molecule has 100 valence electrons. The van der Waals surface area contributed by atoms with Crippen LogP contribution in [-0.4, -0.2) is 65.7 Å². The van der Waals surface area contributed by atoms with Crippen molar-refractivity contribution in [3.8, 4) is 0 Å². The predicted molar refractivity (Wildman–Crippen MR) is 62.8 cm³/mol. The smallest absolute Gasteiger partial charge is 0.227 e. The van der Waals surface area contributed by atoms with Gasteiger partial charge in [-0.1, -0.05) is 0 Å². The highest BCUT2D eigenvalue weighted by molar-refractivity contribution is 5.79. The van der Waals surface area contributed by atoms with E-state index in [-0.39, 0.29) is 24.0 Å². The van der Waals surface area contributed by atoms with Gasteiger partial charge in [-0.25, -0.2) is 0 Å². The topological polar surface area (TPSA) is 68.8 Å². The van der Waals surface area contributed by atoms with Crippen LogP contribution >= 0.6 is 0 Å². The average Bonchev–Trinajstić information content (AvgIpc) is 2.82. The zero-order valence-electron chi connectivity index (χ0n) is 10.7. The predicted octanol–water partition coefficient (Wildman–Crippen LogP) is -1.00. The number of hydrogen-bond donors (Lipinski definition) is 2. The van der Waals surface area contributed by atoms with Gasteiger partial charge in [-0.3, -0.25) is 4.79 Å². The quantitative estimate of drug-likeness (QED) is 0.603. The van der Waals surface area contributed by atoms with Crippen molar-refractivity contribution in [2.45, 2.75) is 12.1 Å². The van der Waals surface area contributed by atoms with Gasteiger partial charge < -0.3 is 24.8 Å². The molecule has 17 heavy (non-hydrogen) atoms. The summed E-state index contributed by atoms with van der Waals surface area (Å²) in [5.74, 6) is -0.125. The molecule has 1 fully saturated rings. The molecular weight excluding hydrogens is 224 g/mol. The van der Waals surface area contributed by atoms with Crippen molar-refractivity contribution < 1.29 is 19.0 Å². The number of hydrogen-bond acceptors (Lipinski definition) is 5. The summed E-state index contributed by atoms with van der Waals surface area (Å²) in [6, 6.07) is 0.0958. The number of carbonyl (C=O) groups is 1. The highest BCUT2D eigenvalue weighted by atomic mass is 16.5. The van der Waals surface area contributed by atoms with E-state index in [0.717, 1.165) is 0 Å². The maximum atomic E-state index is 11.9. The van der Waals surface area contributed by atoms with Crippen LogP contribution in [0.4, 0.5) is 0 Å². The van der Waals surface area contributed by atoms with Gasteiger partial charge in [0.05, 0.1) is 31.8 Å². The number of ether oxygens (including phenoxy) is 3. The van der Waals surface area contributed by atoms with Crippen LogP contribution in [0.25, 0.3) is 0 Å². The zero-order valence-corrected chi connectivity index (χ0v) is 10.7. The molecule has 2 N–H and O–H groups in total. The van der Waals surface area contributed by atoms with Crippen LogP contribution in [0.2, 0.25) is 0 Å². The lowest BCUT2D eigenvalue weighted by atomic mass is 10.0. The molecule has 0 spiro atoms. The second-order valence-corrected chi connectivity index (χ2v) is 4.10. The highest BCUT2D eigenvalue weighted by Gasteiger charge is 2.32. The normalized spacial score (nSPS) is 25.8. The van der Waals surface area contributed by atoms with Gasteiger partial charge in [0.25, 0.3) is 0 Å². The van der Waals surface area contributed by atoms with E-state index in [0.29, 0.717) is 26.4 Å². The SMILES string of the molecule is CNC1COCC1C(=O)NCC(COC)OC. The number of amides is 1. The first-order chi connectivity index (χ1) is 8.22. The van der Waals surface area contributed by atoms with E-state index >= 15 is 0 Å². The van der Waals surface area contributed by atoms with Gasteiger partial charge in [0.1, 0.15) is 0 Å². The minimum Gasteiger partial charge on any atom is -0.382 e. The molecule has 0 aromatic rings. The van der Waals surface area contributed by atoms with Gasteiger partial charge in [-0.15, -0.1) is 0 Å². The summed E-state index contributed by atoms with van der Waals surface area (Å²) in [7, 11) is 5.04. The zero-order chi connectivity index (χ0) is 12.7. The van der Waals surface area contributed by atoms with Crippen LogP contribution < -0.4 is 10.6 Å². The molecule has 0 radical (unpaired) electrons. The van der Waals surface area contributed by atoms with Crippen molar-refractivity contribution in [2.75, 3.05) is 47.6 Å². The highest BCUT2D eigenvalue weighted by Crippen LogP contribution is 2.13. The molecule has 0 aromatic heterocycles. The lowest BCUT2D eigenvalue weighted by Gasteiger charge is -2.19. The Hall–Kier alpha value is -0.690. The van der Waals surface area contributed by atoms with Crippen LogP contribution in [0.3, 0.4) is 0 Å². The second-order valence-electron chi connectivity index (χ2n) is 4.10. The molecule has 0 saturated carbocycles. The monoisotopic (exact) mass is 246 g/mol. The van der Waals surface area contributed by atoms with Crippen molar-refractivity contribution in [1.29, 1.82) is 0 Å². The summed E-state index contributed by atoms with van der Waals surface area (Å²) in [5, 5.41) is 5.94. The van der Waals surface area contributed by atoms with E-state index in [1.807, 2.05) is 7.05 Å². The van der Waals surface area contributed by atoms with Gasteiger partial charge in [-0.05, 0) is 7.05 Å². The molecule has 6 heteroatoms. The fourth-order valence-corrected chi connectivity index (χ4v) is 1.84. The van der Waals surface area contributed by atoms with Gasteiger partial charge in [-0.2, -0.15) is 0 Å². The molecule has 0 aliphatic carbocycles. The van der Waals surface area contributed by atoms with E-state index in [1.54, 1.807) is 14.2 Å². The maximum absolute atomic E-state index is 11.9. The van der Waals surface area contributed by atoms with Crippen LogP contribution in [0.5, 0.6) is 0 Å². The Kier molecular flexibility index (Phi) is 6.43. The first-order valence-electron chi connectivity index (χ1n) is 5.77. The number of carbonyl (C=O) groups excluding carboxylic acids is 1. The third-order valence-corrected chi connectivity index (χ3v) is 2.98. The summed E-state index contributed by atoms with van der Waals surface area (Å²) in [6.45, 7) is 1.98. The molecular formula is C11H22N2O4. The average molecular weight is 246 g/mol. The number of methoxy groups -OCH3 is 2. The van der Waals surface area contributed by atoms with Crippen LogP contribution in [0, 0.1) is 5.92 Å². The summed E-state index contributed by atoms with van der Waals surface area (Å²) < 4.78 is 15.4. The van der Waals surface area contributed by atoms with Crippen LogP contribution in [0.1, 0.15) is 0 Å². The van der Waals surface area contributed by atoms with Crippen LogP contribution in [-0.2, 0) is 19.0 Å². The van der Waals surface area contributed by atoms with Gasteiger partial charge in [0.15, 0.2) is 0 Å². The maximum Gasteiger partial charge on any atom is 0.227 e. The standard InChI is InChI=1S/C11H22N2O4/c1-12-10-7-17-6-9(10)11(14)13-4-8(16-3)5-15-2/h8-10,12H,4-7H2,1-3H3,(H,13,14). The number of likely N-dealkylation sites (N-methyl/N-ethyl adjacent to an activating group) is 1. The Morgan fingerprint density at radius 1 is 1.47 bits per heavy atom. The van der Waals surface area contributed by atoms with Crippen molar-refractivity contribution in [3.63, 3.8) is 0 Å². The molecule has 1 aliphatic heterocycles. The lowest BCUT2D eigenvalue weighted by molar-refractivity contribution is -0.126. The largest absolute Gasteiger partial charge is 0.382 e. The molecule has 1 heterocycles. The molecule has 3 atom stereocenters. The van der Waals surface area contributed by atoms with E-state index in [9.17, 15) is 4.79 Å². The fraction of sp³-hybridized carbons (Fsp3) is 0.909. The van der Waals surface area contributed by atoms with E-state index < -0.39 is 0 Å². The first kappa shape index (κ1) is 14.4. The van der Waals surface area contributed by atoms with Crippen molar-refractivity contribution in [3.05, 3.63) is 0 Å². The Balaban J connectivity index is 2.33. The molecule has 0 bridgehead atoms. The Bertz CT molecular complexity index is 238. The van der Waals surface area contributed by atoms with Crippen molar-refractivity contribution in [1.82, 2.24) is 10.6 Å². The van der Waals surface area contributed by atoms with Gasteiger partial charge in [0, 0.05) is 26.8 Å². The molecule has 0 aromatic carbocycles. The van der Waals surface area contributed by atoms with E-state index in [1.165, 1.54) is 0 Å². The second kappa shape index (κ2) is 7.60. The fourth-order valence-electron chi connectivity index (χ4n) is 1.84. The van der Waals surface area contributed by atoms with Gasteiger partial charge >= 0.3 is 0 Å². The summed E-state index contributed by atoms with van der Waals surface area (Å²) in [4.78, 5) is 11.9. The Labute approximate surface area is 102 Å². The third kappa shape index (κ3) is 4.23. The molecule has 3 unspecified atom stereocenters. The molecule has 1 saturated heterocycles. The van der Waals surface area contributed by atoms with Gasteiger partial charge in [0.2, 0.25) is 5.91 Å². The van der Waals surface area contributed by atoms with E-state index in [4.69, 9.17) is 14.2 Å². The van der Waals surface area contributed by atoms with Crippen molar-refractivity contribution in [2.24, 2.45) is 5.92 Å². The Morgan fingerprint density at radius 3 is 2.82 bits per heavy atom. The van der Waals surface area contributed by atoms with Crippen molar-refractivity contribution >= 4 is 5.91 Å². The van der Waals surface area contributed by atoms with E-state index in [2.05, 4.69) is 10.6 Å². The number of nitrogens with one attached hydrogen (secondary N) is 2. The third-order valence-electron chi connectivity index (χ3n) is 2.98. The lowest BCUT2D eigenvalue weighted by Crippen LogP contribution is -2.45. The summed E-state index contributed by atoms with van der Waals surface area (Å²) in [5.41, 5.74) is 0. The minimum atomic E-state index is -0.125. The molecule has 6 nitrogen and oxygen atoms in total. The Morgan fingerprint density at radius 2 is 2.24 bits per heavy atom.